The summed E-state index contributed by atoms with van der Waals surface area (Å²) in [5, 5.41) is 19.9. The predicted molar refractivity (Wildman–Crippen MR) is 65.1 cm³/mol. The van der Waals surface area contributed by atoms with Gasteiger partial charge in [-0.05, 0) is 12.5 Å². The Balaban J connectivity index is 2.95. The molecule has 0 amide bonds. The lowest BCUT2D eigenvalue weighted by molar-refractivity contribution is -0.384. The summed E-state index contributed by atoms with van der Waals surface area (Å²) in [6.07, 6.45) is 4.70. The third kappa shape index (κ3) is 3.67. The van der Waals surface area contributed by atoms with Crippen LogP contribution in [-0.2, 0) is 0 Å². The first-order chi connectivity index (χ1) is 8.20. The van der Waals surface area contributed by atoms with E-state index < -0.39 is 4.92 Å². The van der Waals surface area contributed by atoms with E-state index in [1.54, 1.807) is 6.07 Å². The Morgan fingerprint density at radius 2 is 2.29 bits per heavy atom. The minimum atomic E-state index is -0.446. The molecule has 6 nitrogen and oxygen atoms in total. The molecule has 0 fully saturated rings. The molecule has 0 saturated heterocycles. The second-order valence-electron chi connectivity index (χ2n) is 3.69. The lowest BCUT2D eigenvalue weighted by Crippen LogP contribution is -2.28. The van der Waals surface area contributed by atoms with Gasteiger partial charge in [0, 0.05) is 19.3 Å². The molecule has 1 aromatic heterocycles. The van der Waals surface area contributed by atoms with Crippen molar-refractivity contribution in [3.05, 3.63) is 28.6 Å². The lowest BCUT2D eigenvalue weighted by atomic mass is 10.2. The Morgan fingerprint density at radius 3 is 2.88 bits per heavy atom. The number of anilines is 1. The molecule has 0 bridgehead atoms. The van der Waals surface area contributed by atoms with Gasteiger partial charge in [0.1, 0.15) is 11.9 Å². The molecule has 0 saturated carbocycles. The van der Waals surface area contributed by atoms with E-state index >= 15 is 0 Å². The van der Waals surface area contributed by atoms with Crippen molar-refractivity contribution < 1.29 is 10.0 Å². The summed E-state index contributed by atoms with van der Waals surface area (Å²) in [7, 11) is 0. The van der Waals surface area contributed by atoms with Crippen LogP contribution in [0, 0.1) is 10.1 Å². The zero-order valence-corrected chi connectivity index (χ0v) is 9.87. The molecule has 0 aromatic carbocycles. The number of aliphatic hydroxyl groups is 1. The molecule has 0 unspecified atom stereocenters. The van der Waals surface area contributed by atoms with Crippen LogP contribution in [0.4, 0.5) is 11.4 Å². The Kier molecular flexibility index (Phi) is 5.35. The first-order valence-electron chi connectivity index (χ1n) is 5.65. The van der Waals surface area contributed by atoms with Crippen LogP contribution in [0.2, 0.25) is 0 Å². The highest BCUT2D eigenvalue weighted by atomic mass is 16.6. The monoisotopic (exact) mass is 239 g/mol. The fraction of sp³-hybridized carbons (Fsp3) is 0.545. The first-order valence-corrected chi connectivity index (χ1v) is 5.65. The van der Waals surface area contributed by atoms with Crippen molar-refractivity contribution in [2.45, 2.75) is 19.8 Å². The number of pyridine rings is 1. The van der Waals surface area contributed by atoms with Gasteiger partial charge in [-0.25, -0.2) is 0 Å². The number of unbranched alkanes of at least 4 members (excludes halogenated alkanes) is 1. The zero-order chi connectivity index (χ0) is 12.7. The van der Waals surface area contributed by atoms with E-state index in [0.29, 0.717) is 18.8 Å². The molecule has 1 heterocycles. The highest BCUT2D eigenvalue weighted by molar-refractivity contribution is 5.61. The normalized spacial score (nSPS) is 10.2. The topological polar surface area (TPSA) is 79.5 Å². The zero-order valence-electron chi connectivity index (χ0n) is 9.87. The van der Waals surface area contributed by atoms with Gasteiger partial charge in [0.2, 0.25) is 0 Å². The third-order valence-electron chi connectivity index (χ3n) is 2.47. The largest absolute Gasteiger partial charge is 0.395 e. The van der Waals surface area contributed by atoms with Crippen molar-refractivity contribution in [1.29, 1.82) is 0 Å². The van der Waals surface area contributed by atoms with Crippen molar-refractivity contribution in [3.63, 3.8) is 0 Å². The molecule has 1 aromatic rings. The summed E-state index contributed by atoms with van der Waals surface area (Å²) >= 11 is 0. The van der Waals surface area contributed by atoms with Gasteiger partial charge in [0.15, 0.2) is 0 Å². The second-order valence-corrected chi connectivity index (χ2v) is 3.69. The predicted octanol–water partition coefficient (Wildman–Crippen LogP) is 1.59. The molecule has 6 heteroatoms. The average molecular weight is 239 g/mol. The average Bonchev–Trinajstić information content (AvgIpc) is 2.34. The van der Waals surface area contributed by atoms with Crippen LogP contribution < -0.4 is 4.90 Å². The number of hydrogen-bond donors (Lipinski definition) is 1. The molecule has 0 atom stereocenters. The lowest BCUT2D eigenvalue weighted by Gasteiger charge is -2.23. The van der Waals surface area contributed by atoms with Crippen LogP contribution >= 0.6 is 0 Å². The fourth-order valence-corrected chi connectivity index (χ4v) is 1.61. The van der Waals surface area contributed by atoms with Gasteiger partial charge < -0.3 is 10.0 Å². The van der Waals surface area contributed by atoms with Gasteiger partial charge in [0.25, 0.3) is 0 Å². The van der Waals surface area contributed by atoms with E-state index in [2.05, 4.69) is 11.9 Å². The summed E-state index contributed by atoms with van der Waals surface area (Å²) in [5.74, 6) is 0. The number of nitro groups is 1. The maximum Gasteiger partial charge on any atom is 0.310 e. The van der Waals surface area contributed by atoms with E-state index in [1.807, 2.05) is 4.90 Å². The van der Waals surface area contributed by atoms with Crippen LogP contribution in [0.1, 0.15) is 19.8 Å². The highest BCUT2D eigenvalue weighted by Crippen LogP contribution is 2.26. The van der Waals surface area contributed by atoms with Crippen LogP contribution in [0.5, 0.6) is 0 Å². The Hall–Kier alpha value is -1.69. The van der Waals surface area contributed by atoms with E-state index in [1.165, 1.54) is 12.4 Å². The summed E-state index contributed by atoms with van der Waals surface area (Å²) in [4.78, 5) is 16.0. The molecule has 0 spiro atoms. The number of rotatable bonds is 7. The highest BCUT2D eigenvalue weighted by Gasteiger charge is 2.18. The van der Waals surface area contributed by atoms with Crippen LogP contribution in [0.25, 0.3) is 0 Å². The molecule has 1 rings (SSSR count). The summed E-state index contributed by atoms with van der Waals surface area (Å²) in [6, 6.07) is 1.61. The third-order valence-corrected chi connectivity index (χ3v) is 2.47. The molecular formula is C11H17N3O3. The smallest absolute Gasteiger partial charge is 0.310 e. The molecule has 94 valence electrons. The second kappa shape index (κ2) is 6.80. The van der Waals surface area contributed by atoms with Crippen molar-refractivity contribution >= 4 is 11.4 Å². The minimum absolute atomic E-state index is 0.0166. The first kappa shape index (κ1) is 13.4. The maximum absolute atomic E-state index is 10.9. The molecule has 0 aliphatic carbocycles. The number of hydrogen-bond acceptors (Lipinski definition) is 5. The summed E-state index contributed by atoms with van der Waals surface area (Å²) < 4.78 is 0. The van der Waals surface area contributed by atoms with Crippen LogP contribution in [-0.4, -0.2) is 34.7 Å². The summed E-state index contributed by atoms with van der Waals surface area (Å²) in [6.45, 7) is 3.12. The van der Waals surface area contributed by atoms with Crippen molar-refractivity contribution in [1.82, 2.24) is 4.98 Å². The van der Waals surface area contributed by atoms with E-state index in [0.717, 1.165) is 12.8 Å². The van der Waals surface area contributed by atoms with Gasteiger partial charge in [-0.3, -0.25) is 15.1 Å². The summed E-state index contributed by atoms with van der Waals surface area (Å²) in [5.41, 5.74) is 0.504. The Morgan fingerprint density at radius 1 is 1.53 bits per heavy atom. The maximum atomic E-state index is 10.9. The van der Waals surface area contributed by atoms with E-state index in [9.17, 15) is 10.1 Å². The van der Waals surface area contributed by atoms with Crippen molar-refractivity contribution in [2.75, 3.05) is 24.6 Å². The quantitative estimate of drug-likeness (QED) is 0.577. The Bertz CT molecular complexity index is 371. The van der Waals surface area contributed by atoms with E-state index in [-0.39, 0.29) is 12.3 Å². The molecule has 17 heavy (non-hydrogen) atoms. The molecule has 1 N–H and O–H groups in total. The van der Waals surface area contributed by atoms with Crippen LogP contribution in [0.3, 0.4) is 0 Å². The van der Waals surface area contributed by atoms with Gasteiger partial charge >= 0.3 is 5.69 Å². The van der Waals surface area contributed by atoms with E-state index in [4.69, 9.17) is 5.11 Å². The molecule has 0 aliphatic heterocycles. The van der Waals surface area contributed by atoms with Gasteiger partial charge in [0.05, 0.1) is 11.5 Å². The molecular weight excluding hydrogens is 222 g/mol. The Labute approximate surface area is 100 Å². The van der Waals surface area contributed by atoms with Crippen LogP contribution in [0.15, 0.2) is 18.5 Å². The number of aromatic nitrogens is 1. The van der Waals surface area contributed by atoms with Crippen molar-refractivity contribution in [2.24, 2.45) is 0 Å². The van der Waals surface area contributed by atoms with Crippen molar-refractivity contribution in [3.8, 4) is 0 Å². The molecule has 0 aliphatic rings. The fourth-order valence-electron chi connectivity index (χ4n) is 1.61. The van der Waals surface area contributed by atoms with Gasteiger partial charge in [-0.2, -0.15) is 0 Å². The standard InChI is InChI=1S/C11H17N3O3/c1-2-3-6-13(7-8-15)10-4-5-12-9-11(10)14(16)17/h4-5,9,15H,2-3,6-8H2,1H3. The SMILES string of the molecule is CCCCN(CCO)c1ccncc1[N+](=O)[O-]. The van der Waals surface area contributed by atoms with Gasteiger partial charge in [-0.1, -0.05) is 13.3 Å². The number of nitrogens with zero attached hydrogens (tertiary/aromatic N) is 3. The molecule has 0 radical (unpaired) electrons. The number of aliphatic hydroxyl groups excluding tert-OH is 1. The van der Waals surface area contributed by atoms with Gasteiger partial charge in [-0.15, -0.1) is 0 Å². The minimum Gasteiger partial charge on any atom is -0.395 e.